The number of carbonyl (C=O) groups is 2. The Morgan fingerprint density at radius 3 is 2.79 bits per heavy atom. The Balaban J connectivity index is 0.00000116. The summed E-state index contributed by atoms with van der Waals surface area (Å²) in [6, 6.07) is 14.2. The van der Waals surface area contributed by atoms with Gasteiger partial charge >= 0.3 is 0 Å². The topological polar surface area (TPSA) is 66.9 Å². The Bertz CT molecular complexity index is 1380. The molecule has 0 bridgehead atoms. The van der Waals surface area contributed by atoms with Gasteiger partial charge < -0.3 is 9.55 Å². The average Bonchev–Trinajstić information content (AvgIpc) is 3.38. The molecule has 5 heteroatoms. The van der Waals surface area contributed by atoms with E-state index in [0.717, 1.165) is 41.4 Å². The van der Waals surface area contributed by atoms with Crippen LogP contribution >= 0.6 is 0 Å². The Labute approximate surface area is 170 Å². The fourth-order valence-corrected chi connectivity index (χ4v) is 4.88. The number of nitrogens with one attached hydrogen (secondary N) is 2. The van der Waals surface area contributed by atoms with E-state index in [-0.39, 0.29) is 14.7 Å². The van der Waals surface area contributed by atoms with Crippen LogP contribution in [0, 0.1) is 0 Å². The van der Waals surface area contributed by atoms with E-state index in [1.807, 2.05) is 30.5 Å². The molecule has 29 heavy (non-hydrogen) atoms. The van der Waals surface area contributed by atoms with E-state index in [1.54, 1.807) is 0 Å². The van der Waals surface area contributed by atoms with Crippen LogP contribution in [-0.2, 0) is 29.0 Å². The molecule has 0 radical (unpaired) electrons. The minimum atomic E-state index is -0.316. The van der Waals surface area contributed by atoms with Crippen molar-refractivity contribution in [1.29, 1.82) is 0 Å². The Kier molecular flexibility index (Phi) is 3.36. The van der Waals surface area contributed by atoms with Gasteiger partial charge in [-0.05, 0) is 30.0 Å². The lowest BCUT2D eigenvalue weighted by atomic mass is 9.95. The quantitative estimate of drug-likeness (QED) is 0.519. The third-order valence-corrected chi connectivity index (χ3v) is 6.17. The summed E-state index contributed by atoms with van der Waals surface area (Å²) in [5.74, 6) is -0.606. The number of hydrogen-bond acceptors (Lipinski definition) is 2. The number of H-pyrrole nitrogens is 1. The summed E-state index contributed by atoms with van der Waals surface area (Å²) in [6.45, 7) is 0.993. The molecule has 2 aliphatic rings. The molecule has 2 aromatic carbocycles. The number of aromatic nitrogens is 2. The number of benzene rings is 2. The number of para-hydroxylation sites is 2. The van der Waals surface area contributed by atoms with Crippen molar-refractivity contribution in [3.05, 3.63) is 77.1 Å². The zero-order valence-electron chi connectivity index (χ0n) is 15.8. The van der Waals surface area contributed by atoms with Crippen molar-refractivity contribution in [2.45, 2.75) is 25.8 Å². The number of fused-ring (bicyclic) bond motifs is 1. The van der Waals surface area contributed by atoms with Gasteiger partial charge in [-0.2, -0.15) is 0 Å². The highest BCUT2D eigenvalue weighted by Crippen LogP contribution is 2.35. The molecule has 0 unspecified atom stereocenters. The van der Waals surface area contributed by atoms with Gasteiger partial charge in [-0.3, -0.25) is 14.9 Å². The van der Waals surface area contributed by atoms with Gasteiger partial charge in [-0.15, -0.1) is 0 Å². The van der Waals surface area contributed by atoms with Crippen LogP contribution in [0.15, 0.2) is 60.4 Å². The number of imide groups is 1. The molecule has 0 saturated carbocycles. The fourth-order valence-electron chi connectivity index (χ4n) is 4.88. The van der Waals surface area contributed by atoms with E-state index < -0.39 is 0 Å². The van der Waals surface area contributed by atoms with Crippen LogP contribution in [0.3, 0.4) is 0 Å². The Morgan fingerprint density at radius 1 is 1.00 bits per heavy atom. The van der Waals surface area contributed by atoms with Crippen molar-refractivity contribution in [2.75, 3.05) is 0 Å². The second-order valence-electron chi connectivity index (χ2n) is 7.83. The summed E-state index contributed by atoms with van der Waals surface area (Å²) in [6.07, 6.45) is 6.64. The Morgan fingerprint density at radius 2 is 1.86 bits per heavy atom. The maximum atomic E-state index is 12.7. The number of aryl methyl sites for hydroxylation is 2. The first-order valence-corrected chi connectivity index (χ1v) is 9.95. The smallest absolute Gasteiger partial charge is 0.259 e. The van der Waals surface area contributed by atoms with Gasteiger partial charge in [0.25, 0.3) is 11.8 Å². The summed E-state index contributed by atoms with van der Waals surface area (Å²) in [5.41, 5.74) is 6.50. The van der Waals surface area contributed by atoms with Crippen LogP contribution in [0.5, 0.6) is 0 Å². The van der Waals surface area contributed by atoms with Crippen LogP contribution < -0.4 is 5.32 Å². The van der Waals surface area contributed by atoms with Gasteiger partial charge in [0.05, 0.1) is 11.1 Å². The largest absolute Gasteiger partial charge is 0.361 e. The number of carbonyl (C=O) groups excluding carboxylic acids is 2. The molecule has 2 amide bonds. The van der Waals surface area contributed by atoms with Gasteiger partial charge in [0.2, 0.25) is 0 Å². The van der Waals surface area contributed by atoms with Gasteiger partial charge in [-0.25, -0.2) is 0 Å². The van der Waals surface area contributed by atoms with Crippen molar-refractivity contribution in [3.8, 4) is 0 Å². The first kappa shape index (κ1) is 16.4. The summed E-state index contributed by atoms with van der Waals surface area (Å²) in [4.78, 5) is 28.6. The van der Waals surface area contributed by atoms with Crippen molar-refractivity contribution in [3.63, 3.8) is 0 Å². The molecule has 5 nitrogen and oxygen atoms in total. The van der Waals surface area contributed by atoms with Crippen LogP contribution in [0.25, 0.3) is 27.4 Å². The lowest BCUT2D eigenvalue weighted by molar-refractivity contribution is -0.123. The molecule has 4 aromatic rings. The van der Waals surface area contributed by atoms with Gasteiger partial charge in [0.15, 0.2) is 0 Å². The molecule has 2 N–H and O–H groups in total. The van der Waals surface area contributed by atoms with E-state index in [1.165, 1.54) is 16.5 Å². The highest BCUT2D eigenvalue weighted by molar-refractivity contribution is 6.37. The third-order valence-electron chi connectivity index (χ3n) is 6.17. The molecule has 0 saturated heterocycles. The number of amides is 2. The molecule has 2 aromatic heterocycles. The molecule has 6 rings (SSSR count). The van der Waals surface area contributed by atoms with E-state index in [4.69, 9.17) is 0 Å². The van der Waals surface area contributed by atoms with Crippen LogP contribution in [0.1, 0.15) is 26.0 Å². The van der Waals surface area contributed by atoms with E-state index >= 15 is 0 Å². The standard InChI is InChI=1S/C24H19N3O2.2H2/c28-23-18(11-15-13-27-10-4-6-14-5-3-8-16(15)22(14)27)21(24(29)26-23)19-12-25-20-9-2-1-7-17(19)20;;/h1-3,5,7-9,12-13,25H,4,6,10-11H2,(H,26,28,29);2*1H. The molecule has 0 aliphatic carbocycles. The molecule has 2 aliphatic heterocycles. The maximum Gasteiger partial charge on any atom is 0.259 e. The third kappa shape index (κ3) is 2.34. The molecular weight excluding hydrogens is 362 g/mol. The van der Waals surface area contributed by atoms with Gasteiger partial charge in [-0.1, -0.05) is 36.4 Å². The maximum absolute atomic E-state index is 12.7. The van der Waals surface area contributed by atoms with Crippen LogP contribution in [0.4, 0.5) is 0 Å². The van der Waals surface area contributed by atoms with E-state index in [0.29, 0.717) is 17.6 Å². The minimum absolute atomic E-state index is 0. The summed E-state index contributed by atoms with van der Waals surface area (Å²) in [5, 5.41) is 4.64. The van der Waals surface area contributed by atoms with Crippen molar-refractivity contribution in [1.82, 2.24) is 14.9 Å². The molecular formula is C24H23N3O2. The van der Waals surface area contributed by atoms with Crippen molar-refractivity contribution < 1.29 is 12.4 Å². The highest BCUT2D eigenvalue weighted by Gasteiger charge is 2.33. The second kappa shape index (κ2) is 5.95. The number of rotatable bonds is 3. The normalized spacial score (nSPS) is 16.3. The predicted molar refractivity (Wildman–Crippen MR) is 117 cm³/mol. The molecule has 4 heterocycles. The van der Waals surface area contributed by atoms with Crippen LogP contribution in [-0.4, -0.2) is 21.4 Å². The summed E-state index contributed by atoms with van der Waals surface area (Å²) < 4.78 is 2.30. The average molecular weight is 385 g/mol. The highest BCUT2D eigenvalue weighted by atomic mass is 16.2. The number of aromatic amines is 1. The second-order valence-corrected chi connectivity index (χ2v) is 7.83. The van der Waals surface area contributed by atoms with Crippen molar-refractivity contribution in [2.24, 2.45) is 0 Å². The molecule has 0 fully saturated rings. The first-order chi connectivity index (χ1) is 14.2. The molecule has 146 valence electrons. The lowest BCUT2D eigenvalue weighted by Crippen LogP contribution is -2.23. The zero-order chi connectivity index (χ0) is 19.5. The lowest BCUT2D eigenvalue weighted by Gasteiger charge is -2.14. The predicted octanol–water partition coefficient (Wildman–Crippen LogP) is 4.21. The first-order valence-electron chi connectivity index (χ1n) is 9.95. The van der Waals surface area contributed by atoms with Gasteiger partial charge in [0, 0.05) is 55.6 Å². The fraction of sp³-hybridized carbons (Fsp3) is 0.167. The number of nitrogens with zero attached hydrogens (tertiary/aromatic N) is 1. The Hall–Kier alpha value is -3.60. The SMILES string of the molecule is O=C1NC(=O)C(c2c[nH]c3ccccc23)=C1Cc1cn2c3c(cccc13)CCC2.[HH].[HH]. The summed E-state index contributed by atoms with van der Waals surface area (Å²) in [7, 11) is 0. The zero-order valence-corrected chi connectivity index (χ0v) is 15.8. The van der Waals surface area contributed by atoms with Crippen molar-refractivity contribution >= 4 is 39.2 Å². The monoisotopic (exact) mass is 385 g/mol. The van der Waals surface area contributed by atoms with E-state index in [2.05, 4.69) is 39.3 Å². The van der Waals surface area contributed by atoms with Gasteiger partial charge in [0.1, 0.15) is 0 Å². The number of hydrogen-bond donors (Lipinski definition) is 2. The van der Waals surface area contributed by atoms with Crippen LogP contribution in [0.2, 0.25) is 0 Å². The molecule has 0 atom stereocenters. The minimum Gasteiger partial charge on any atom is -0.361 e. The summed E-state index contributed by atoms with van der Waals surface area (Å²) >= 11 is 0. The van der Waals surface area contributed by atoms with E-state index in [9.17, 15) is 9.59 Å². The molecule has 0 spiro atoms.